The highest BCUT2D eigenvalue weighted by molar-refractivity contribution is 7.89. The van der Waals surface area contributed by atoms with E-state index in [1.54, 1.807) is 99.5 Å². The van der Waals surface area contributed by atoms with E-state index < -0.39 is 33.2 Å². The van der Waals surface area contributed by atoms with Gasteiger partial charge in [-0.2, -0.15) is 13.2 Å². The van der Waals surface area contributed by atoms with Gasteiger partial charge in [-0.05, 0) is 206 Å². The van der Waals surface area contributed by atoms with E-state index in [-0.39, 0.29) is 11.6 Å². The largest absolute Gasteiger partial charge is 0.497 e. The first-order valence-corrected chi connectivity index (χ1v) is 46.2. The van der Waals surface area contributed by atoms with Crippen molar-refractivity contribution in [2.45, 2.75) is 11.9 Å². The van der Waals surface area contributed by atoms with Crippen LogP contribution in [0.1, 0.15) is 11.1 Å². The van der Waals surface area contributed by atoms with E-state index in [9.17, 15) is 34.8 Å². The number of imidazole rings is 6. The third-order valence-electron chi connectivity index (χ3n) is 22.9. The van der Waals surface area contributed by atoms with Crippen molar-refractivity contribution in [3.8, 4) is 140 Å². The molecule has 0 spiro atoms. The number of nitrogens with two attached hydrogens (primary N) is 1. The van der Waals surface area contributed by atoms with Crippen molar-refractivity contribution in [1.29, 1.82) is 0 Å². The number of nitrogen functional groups attached to an aromatic ring is 1. The molecule has 0 atom stereocenters. The lowest BCUT2D eigenvalue weighted by molar-refractivity contribution is -0.137. The van der Waals surface area contributed by atoms with Crippen LogP contribution in [0.2, 0.25) is 0 Å². The van der Waals surface area contributed by atoms with Gasteiger partial charge >= 0.3 is 6.18 Å². The van der Waals surface area contributed by atoms with Crippen molar-refractivity contribution < 1.29 is 39.5 Å². The lowest BCUT2D eigenvalue weighted by atomic mass is 9.99. The highest BCUT2D eigenvalue weighted by atomic mass is 32.2. The zero-order chi connectivity index (χ0) is 96.9. The summed E-state index contributed by atoms with van der Waals surface area (Å²) in [5.74, 6) is -0.639. The maximum Gasteiger partial charge on any atom is 0.416 e. The normalized spacial score (nSPS) is 11.2. The first-order valence-electron chi connectivity index (χ1n) is 44.2. The molecule has 24 aromatic rings. The fraction of sp³-hybridized carbons (Fsp3) is 0.0357. The predicted molar refractivity (Wildman–Crippen MR) is 538 cm³/mol. The van der Waals surface area contributed by atoms with Crippen molar-refractivity contribution >= 4 is 49.4 Å². The van der Waals surface area contributed by atoms with Gasteiger partial charge in [-0.1, -0.05) is 78.9 Å². The second-order valence-electron chi connectivity index (χ2n) is 32.4. The van der Waals surface area contributed by atoms with Crippen molar-refractivity contribution in [3.63, 3.8) is 0 Å². The van der Waals surface area contributed by atoms with Crippen LogP contribution in [0.5, 0.6) is 5.75 Å². The molecule has 0 aliphatic carbocycles. The third-order valence-corrected chi connectivity index (χ3v) is 23.8. The van der Waals surface area contributed by atoms with E-state index in [1.807, 2.05) is 277 Å². The van der Waals surface area contributed by atoms with Gasteiger partial charge in [0.1, 0.15) is 57.1 Å². The lowest BCUT2D eigenvalue weighted by Gasteiger charge is -2.11. The number of methoxy groups -OCH3 is 1. The summed E-state index contributed by atoms with van der Waals surface area (Å²) in [5, 5.41) is 0. The Bertz CT molecular complexity index is 8680. The third kappa shape index (κ3) is 21.4. The molecule has 0 saturated carbocycles. The standard InChI is InChI=1S/C20H17N3O2S.C19H12F3N3.C19H15N3O.C18H11F2N3.C18H12FN3.C18H14N4/c1-26(24,25)14-15-4-2-5-16(12-15)20-18(6-3-9-22-20)17-7-8-19-21-10-11-23(19)13-17;20-19(21,22)15-6-3-13(4-7-15)18-16(2-1-9-24-18)14-5-8-17-23-10-11-25(17)12-14;1-23-16-7-4-14(5-8-16)19-17(3-2-10-21-19)15-6-9-18-20-11-12-22(18)13-15;19-14-8-13(9-15(20)10-14)18-16(2-1-5-22-18)12-3-4-17-21-6-7-23(17)11-12;19-15-6-3-13(4-7-15)18-16(2-1-9-21-18)14-5-8-17-20-10-11-22(17)12-14;19-15-4-1-3-13(11-15)18-16(5-2-8-21-18)14-6-7-17-20-9-10-22(17)12-14/h2-13H,14H2,1H3;1-12H;2-13H,1H3;1-11H;1-12H;1-12H,19H2. The number of pyridine rings is 12. The van der Waals surface area contributed by atoms with Crippen molar-refractivity contribution in [2.75, 3.05) is 19.1 Å². The number of sulfone groups is 1. The molecule has 141 heavy (non-hydrogen) atoms. The van der Waals surface area contributed by atoms with Crippen molar-refractivity contribution in [2.24, 2.45) is 0 Å². The Morgan fingerprint density at radius 2 is 0.553 bits per heavy atom. The molecule has 0 bridgehead atoms. The molecule has 2 N–H and O–H groups in total. The first-order chi connectivity index (χ1) is 68.7. The van der Waals surface area contributed by atoms with E-state index in [2.05, 4.69) is 96.5 Å². The number of rotatable bonds is 15. The Balaban J connectivity index is 0.000000108. The summed E-state index contributed by atoms with van der Waals surface area (Å²) in [6.07, 6.45) is 41.2. The monoisotopic (exact) mass is 1890 g/mol. The van der Waals surface area contributed by atoms with Crippen molar-refractivity contribution in [1.82, 2.24) is 86.2 Å². The molecule has 0 aliphatic rings. The summed E-state index contributed by atoms with van der Waals surface area (Å²) >= 11 is 0. The lowest BCUT2D eigenvalue weighted by Crippen LogP contribution is -2.04. The van der Waals surface area contributed by atoms with Gasteiger partial charge in [-0.25, -0.2) is 51.5 Å². The molecular formula is C112H81F6N19O3S. The Labute approximate surface area is 803 Å². The van der Waals surface area contributed by atoms with Crippen LogP contribution < -0.4 is 10.5 Å². The molecule has 6 aromatic carbocycles. The topological polar surface area (TPSA) is 251 Å². The molecule has 690 valence electrons. The highest BCUT2D eigenvalue weighted by Gasteiger charge is 2.30. The van der Waals surface area contributed by atoms with E-state index in [1.165, 1.54) is 42.7 Å². The van der Waals surface area contributed by atoms with Gasteiger partial charge in [0, 0.05) is 267 Å². The van der Waals surface area contributed by atoms with Crippen LogP contribution in [0.4, 0.5) is 32.0 Å². The summed E-state index contributed by atoms with van der Waals surface area (Å²) in [7, 11) is -1.42. The number of hydrogen-bond acceptors (Lipinski definition) is 16. The minimum Gasteiger partial charge on any atom is -0.497 e. The summed E-state index contributed by atoms with van der Waals surface area (Å²) in [6.45, 7) is 0. The Morgan fingerprint density at radius 3 is 0.851 bits per heavy atom. The molecular weight excluding hydrogens is 1810 g/mol. The molecule has 18 aromatic heterocycles. The minimum absolute atomic E-state index is 0.0179. The van der Waals surface area contributed by atoms with Gasteiger partial charge in [-0.3, -0.25) is 29.9 Å². The van der Waals surface area contributed by atoms with Crippen LogP contribution in [0.3, 0.4) is 0 Å². The quantitative estimate of drug-likeness (QED) is 0.0740. The number of alkyl halides is 3. The number of ether oxygens (including phenoxy) is 1. The van der Waals surface area contributed by atoms with Crippen LogP contribution in [-0.2, 0) is 21.8 Å². The van der Waals surface area contributed by atoms with Crippen LogP contribution in [0, 0.1) is 17.5 Å². The summed E-state index contributed by atoms with van der Waals surface area (Å²) in [5.41, 5.74) is 33.5. The molecule has 0 saturated heterocycles. The second kappa shape index (κ2) is 41.0. The van der Waals surface area contributed by atoms with Gasteiger partial charge in [0.15, 0.2) is 9.84 Å². The van der Waals surface area contributed by atoms with Gasteiger partial charge in [0.05, 0.1) is 52.6 Å². The molecule has 0 unspecified atom stereocenters. The Morgan fingerprint density at radius 1 is 0.277 bits per heavy atom. The van der Waals surface area contributed by atoms with Gasteiger partial charge in [-0.15, -0.1) is 0 Å². The van der Waals surface area contributed by atoms with E-state index in [0.717, 1.165) is 181 Å². The molecule has 18 heterocycles. The zero-order valence-electron chi connectivity index (χ0n) is 75.2. The highest BCUT2D eigenvalue weighted by Crippen LogP contribution is 2.40. The number of nitrogens with zero attached hydrogens (tertiary/aromatic N) is 18. The molecule has 0 aliphatic heterocycles. The fourth-order valence-corrected chi connectivity index (χ4v) is 17.1. The van der Waals surface area contributed by atoms with Crippen LogP contribution in [0.15, 0.2) is 434 Å². The zero-order valence-corrected chi connectivity index (χ0v) is 76.0. The van der Waals surface area contributed by atoms with Gasteiger partial charge in [0.2, 0.25) is 0 Å². The molecule has 22 nitrogen and oxygen atoms in total. The number of anilines is 1. The molecule has 29 heteroatoms. The molecule has 0 fully saturated rings. The van der Waals surface area contributed by atoms with Gasteiger partial charge < -0.3 is 36.9 Å². The van der Waals surface area contributed by atoms with E-state index >= 15 is 0 Å². The number of benzene rings is 6. The smallest absolute Gasteiger partial charge is 0.416 e. The summed E-state index contributed by atoms with van der Waals surface area (Å²) in [6, 6.07) is 85.2. The first kappa shape index (κ1) is 91.6. The van der Waals surface area contributed by atoms with Gasteiger partial charge in [0.25, 0.3) is 0 Å². The van der Waals surface area contributed by atoms with E-state index in [0.29, 0.717) is 22.5 Å². The Kier molecular flexibility index (Phi) is 26.6. The maximum absolute atomic E-state index is 13.5. The predicted octanol–water partition coefficient (Wildman–Crippen LogP) is 25.0. The average Bonchev–Trinajstić information content (AvgIpc) is 1.84. The fourth-order valence-electron chi connectivity index (χ4n) is 16.3. The SMILES string of the molecule is COc1ccc(-c2ncccc2-c2ccc3nccn3c2)cc1.CS(=O)(=O)Cc1cccc(-c2ncccc2-c2ccc3nccn3c2)c1.FC(F)(F)c1ccc(-c2ncccc2-c2ccc3nccn3c2)cc1.Fc1cc(F)cc(-c2ncccc2-c2ccc3nccn3c2)c1.Fc1ccc(-c2ncccc2-c2ccc3nccn3c2)cc1.Nc1cccc(-c2ncccc2-c2ccc3nccn3c2)c1. The van der Waals surface area contributed by atoms with Crippen LogP contribution in [-0.4, -0.2) is 108 Å². The number of aromatic nitrogens is 18. The minimum atomic E-state index is -4.35. The number of hydrogen-bond donors (Lipinski definition) is 1. The van der Waals surface area contributed by atoms with E-state index in [4.69, 9.17) is 10.5 Å². The summed E-state index contributed by atoms with van der Waals surface area (Å²) < 4.78 is 119. The van der Waals surface area contributed by atoms with Crippen LogP contribution in [0.25, 0.3) is 168 Å². The van der Waals surface area contributed by atoms with Crippen LogP contribution >= 0.6 is 0 Å². The Hall–Kier alpha value is -18.5. The molecule has 0 radical (unpaired) electrons. The summed E-state index contributed by atoms with van der Waals surface area (Å²) in [4.78, 5) is 52.4. The average molecular weight is 1890 g/mol. The van der Waals surface area contributed by atoms with Crippen molar-refractivity contribution in [3.05, 3.63) is 462 Å². The number of fused-ring (bicyclic) bond motifs is 6. The second-order valence-corrected chi connectivity index (χ2v) is 34.6. The molecule has 24 rings (SSSR count). The molecule has 0 amide bonds. The number of halogens is 6. The maximum atomic E-state index is 13.5.